The van der Waals surface area contributed by atoms with Crippen molar-refractivity contribution in [1.29, 1.82) is 0 Å². The number of benzene rings is 2. The van der Waals surface area contributed by atoms with Crippen molar-refractivity contribution in [2.75, 3.05) is 32.1 Å². The molecule has 154 valence electrons. The number of hydrogen-bond acceptors (Lipinski definition) is 3. The van der Waals surface area contributed by atoms with Crippen molar-refractivity contribution in [3.8, 4) is 16.9 Å². The monoisotopic (exact) mass is 403 g/mol. The number of aromatic amines is 1. The van der Waals surface area contributed by atoms with E-state index in [0.717, 1.165) is 58.0 Å². The summed E-state index contributed by atoms with van der Waals surface area (Å²) in [5, 5.41) is 3.48. The van der Waals surface area contributed by atoms with E-state index in [4.69, 9.17) is 4.74 Å². The summed E-state index contributed by atoms with van der Waals surface area (Å²) < 4.78 is 20.0. The van der Waals surface area contributed by atoms with E-state index in [1.54, 1.807) is 13.2 Å². The summed E-state index contributed by atoms with van der Waals surface area (Å²) in [5.74, 6) is 1.72. The number of H-pyrrole nitrogens is 1. The van der Waals surface area contributed by atoms with Crippen LogP contribution in [0.3, 0.4) is 0 Å². The van der Waals surface area contributed by atoms with E-state index in [2.05, 4.69) is 27.3 Å². The molecule has 3 heterocycles. The van der Waals surface area contributed by atoms with E-state index >= 15 is 0 Å². The molecule has 5 heteroatoms. The molecule has 3 aromatic rings. The van der Waals surface area contributed by atoms with E-state index in [1.807, 2.05) is 36.5 Å². The highest BCUT2D eigenvalue weighted by atomic mass is 19.1. The SMILES string of the molecule is COc1ccccc1-c1c[nH]c2c1C=C(c1ccc(F)c(CN3CCCC3)c1)CN2. The third-order valence-electron chi connectivity index (χ3n) is 6.10. The number of rotatable bonds is 5. The minimum absolute atomic E-state index is 0.118. The summed E-state index contributed by atoms with van der Waals surface area (Å²) >= 11 is 0. The number of methoxy groups -OCH3 is 1. The highest BCUT2D eigenvalue weighted by molar-refractivity contribution is 5.96. The maximum absolute atomic E-state index is 14.5. The van der Waals surface area contributed by atoms with Crippen LogP contribution in [0.5, 0.6) is 5.75 Å². The van der Waals surface area contributed by atoms with Gasteiger partial charge in [0, 0.05) is 41.5 Å². The molecule has 2 aromatic carbocycles. The minimum atomic E-state index is -0.118. The highest BCUT2D eigenvalue weighted by Gasteiger charge is 2.20. The lowest BCUT2D eigenvalue weighted by molar-refractivity contribution is 0.325. The molecule has 0 amide bonds. The molecule has 0 unspecified atom stereocenters. The summed E-state index contributed by atoms with van der Waals surface area (Å²) in [6.07, 6.45) is 6.63. The maximum Gasteiger partial charge on any atom is 0.127 e. The normalized spacial score (nSPS) is 16.1. The summed E-state index contributed by atoms with van der Waals surface area (Å²) in [7, 11) is 1.69. The summed E-state index contributed by atoms with van der Waals surface area (Å²) in [6.45, 7) is 3.50. The van der Waals surface area contributed by atoms with Gasteiger partial charge < -0.3 is 15.0 Å². The van der Waals surface area contributed by atoms with Crippen LogP contribution in [0.4, 0.5) is 10.2 Å². The van der Waals surface area contributed by atoms with Crippen molar-refractivity contribution in [1.82, 2.24) is 9.88 Å². The van der Waals surface area contributed by atoms with Gasteiger partial charge in [0.15, 0.2) is 0 Å². The molecule has 0 spiro atoms. The lowest BCUT2D eigenvalue weighted by Crippen LogP contribution is -2.19. The smallest absolute Gasteiger partial charge is 0.127 e. The van der Waals surface area contributed by atoms with Gasteiger partial charge in [-0.25, -0.2) is 4.39 Å². The average Bonchev–Trinajstić information content (AvgIpc) is 3.44. The van der Waals surface area contributed by atoms with Gasteiger partial charge in [0.1, 0.15) is 17.4 Å². The molecule has 0 bridgehead atoms. The Bertz CT molecular complexity index is 1100. The fourth-order valence-electron chi connectivity index (χ4n) is 4.49. The van der Waals surface area contributed by atoms with Gasteiger partial charge in [0.25, 0.3) is 0 Å². The zero-order valence-corrected chi connectivity index (χ0v) is 17.2. The van der Waals surface area contributed by atoms with Crippen LogP contribution >= 0.6 is 0 Å². The molecule has 1 fully saturated rings. The number of nitrogens with zero attached hydrogens (tertiary/aromatic N) is 1. The van der Waals surface area contributed by atoms with Crippen LogP contribution in [0.2, 0.25) is 0 Å². The minimum Gasteiger partial charge on any atom is -0.496 e. The van der Waals surface area contributed by atoms with Gasteiger partial charge in [-0.1, -0.05) is 24.3 Å². The number of fused-ring (bicyclic) bond motifs is 1. The fraction of sp³-hybridized carbons (Fsp3) is 0.280. The molecule has 1 aromatic heterocycles. The molecular weight excluding hydrogens is 377 g/mol. The second-order valence-electron chi connectivity index (χ2n) is 8.00. The Kier molecular flexibility index (Phi) is 5.05. The molecule has 0 saturated carbocycles. The Morgan fingerprint density at radius 1 is 1.07 bits per heavy atom. The lowest BCUT2D eigenvalue weighted by atomic mass is 9.95. The predicted octanol–water partition coefficient (Wildman–Crippen LogP) is 5.39. The number of halogens is 1. The molecule has 30 heavy (non-hydrogen) atoms. The fourth-order valence-corrected chi connectivity index (χ4v) is 4.49. The lowest BCUT2D eigenvalue weighted by Gasteiger charge is -2.20. The third-order valence-corrected chi connectivity index (χ3v) is 6.10. The van der Waals surface area contributed by atoms with Crippen LogP contribution in [0.25, 0.3) is 22.8 Å². The van der Waals surface area contributed by atoms with Gasteiger partial charge in [-0.3, -0.25) is 4.90 Å². The van der Waals surface area contributed by atoms with Crippen LogP contribution in [0.15, 0.2) is 48.7 Å². The van der Waals surface area contributed by atoms with Gasteiger partial charge >= 0.3 is 0 Å². The summed E-state index contributed by atoms with van der Waals surface area (Å²) in [5.41, 5.74) is 6.24. The van der Waals surface area contributed by atoms with Crippen molar-refractivity contribution in [2.24, 2.45) is 0 Å². The average molecular weight is 404 g/mol. The Labute approximate surface area is 176 Å². The Morgan fingerprint density at radius 3 is 2.73 bits per heavy atom. The summed E-state index contributed by atoms with van der Waals surface area (Å²) in [6, 6.07) is 13.5. The molecule has 5 rings (SSSR count). The van der Waals surface area contributed by atoms with Crippen LogP contribution in [-0.2, 0) is 6.54 Å². The maximum atomic E-state index is 14.5. The number of hydrogen-bond donors (Lipinski definition) is 2. The molecule has 0 atom stereocenters. The Hall–Kier alpha value is -3.05. The summed E-state index contributed by atoms with van der Waals surface area (Å²) in [4.78, 5) is 5.67. The quantitative estimate of drug-likeness (QED) is 0.600. The van der Waals surface area contributed by atoms with E-state index in [0.29, 0.717) is 13.1 Å². The molecule has 1 saturated heterocycles. The zero-order valence-electron chi connectivity index (χ0n) is 17.2. The molecule has 2 aliphatic rings. The van der Waals surface area contributed by atoms with Gasteiger partial charge in [-0.2, -0.15) is 0 Å². The molecule has 0 radical (unpaired) electrons. The Balaban J connectivity index is 1.50. The number of likely N-dealkylation sites (tertiary alicyclic amines) is 1. The first-order chi connectivity index (χ1) is 14.7. The highest BCUT2D eigenvalue weighted by Crippen LogP contribution is 2.39. The second-order valence-corrected chi connectivity index (χ2v) is 8.00. The molecule has 2 N–H and O–H groups in total. The topological polar surface area (TPSA) is 40.3 Å². The van der Waals surface area contributed by atoms with Gasteiger partial charge in [0.2, 0.25) is 0 Å². The zero-order chi connectivity index (χ0) is 20.5. The van der Waals surface area contributed by atoms with Crippen LogP contribution < -0.4 is 10.1 Å². The Morgan fingerprint density at radius 2 is 1.90 bits per heavy atom. The molecular formula is C25H26FN3O. The van der Waals surface area contributed by atoms with E-state index in [1.165, 1.54) is 12.8 Å². The van der Waals surface area contributed by atoms with Crippen molar-refractivity contribution in [2.45, 2.75) is 19.4 Å². The van der Waals surface area contributed by atoms with Gasteiger partial charge in [-0.05, 0) is 61.3 Å². The number of nitrogens with one attached hydrogen (secondary N) is 2. The number of aromatic nitrogens is 1. The van der Waals surface area contributed by atoms with E-state index < -0.39 is 0 Å². The molecule has 4 nitrogen and oxygen atoms in total. The van der Waals surface area contributed by atoms with Crippen LogP contribution in [0, 0.1) is 5.82 Å². The first kappa shape index (κ1) is 18.9. The van der Waals surface area contributed by atoms with E-state index in [9.17, 15) is 4.39 Å². The van der Waals surface area contributed by atoms with Gasteiger partial charge in [-0.15, -0.1) is 0 Å². The van der Waals surface area contributed by atoms with Crippen molar-refractivity contribution < 1.29 is 9.13 Å². The number of anilines is 1. The van der Waals surface area contributed by atoms with Crippen molar-refractivity contribution >= 4 is 17.5 Å². The first-order valence-electron chi connectivity index (χ1n) is 10.5. The number of ether oxygens (including phenoxy) is 1. The predicted molar refractivity (Wildman–Crippen MR) is 120 cm³/mol. The van der Waals surface area contributed by atoms with Crippen LogP contribution in [0.1, 0.15) is 29.5 Å². The second kappa shape index (κ2) is 8.00. The standard InChI is InChI=1S/C25H26FN3O/c1-30-24-7-3-2-6-20(24)22-15-28-25-21(22)13-18(14-27-25)17-8-9-23(26)19(12-17)16-29-10-4-5-11-29/h2-3,6-9,12-13,15,27-28H,4-5,10-11,14,16H2,1H3. The third kappa shape index (κ3) is 3.50. The van der Waals surface area contributed by atoms with E-state index in [-0.39, 0.29) is 5.82 Å². The van der Waals surface area contributed by atoms with Crippen molar-refractivity contribution in [3.63, 3.8) is 0 Å². The van der Waals surface area contributed by atoms with Gasteiger partial charge in [0.05, 0.1) is 7.11 Å². The van der Waals surface area contributed by atoms with Crippen LogP contribution in [-0.4, -0.2) is 36.6 Å². The first-order valence-corrected chi connectivity index (χ1v) is 10.5. The molecule has 0 aliphatic carbocycles. The number of para-hydroxylation sites is 1. The molecule has 2 aliphatic heterocycles. The van der Waals surface area contributed by atoms with Crippen molar-refractivity contribution in [3.05, 3.63) is 71.2 Å². The largest absolute Gasteiger partial charge is 0.496 e.